The predicted octanol–water partition coefficient (Wildman–Crippen LogP) is 3.99. The molecule has 3 atom stereocenters. The van der Waals surface area contributed by atoms with Crippen molar-refractivity contribution in [2.24, 2.45) is 17.6 Å². The van der Waals surface area contributed by atoms with Crippen molar-refractivity contribution in [2.75, 3.05) is 13.7 Å². The Kier molecular flexibility index (Phi) is 8.24. The summed E-state index contributed by atoms with van der Waals surface area (Å²) in [6.45, 7) is 2.60. The van der Waals surface area contributed by atoms with Crippen LogP contribution < -0.4 is 20.5 Å². The average molecular weight is 397 g/mol. The number of hydrogen-bond donors (Lipinski definition) is 2. The first-order chi connectivity index (χ1) is 12.6. The molecule has 0 aromatic heterocycles. The van der Waals surface area contributed by atoms with Crippen molar-refractivity contribution in [3.63, 3.8) is 0 Å². The molecule has 0 heterocycles. The largest absolute Gasteiger partial charge is 0.493 e. The Bertz CT molecular complexity index is 619. The van der Waals surface area contributed by atoms with Gasteiger partial charge >= 0.3 is 0 Å². The van der Waals surface area contributed by atoms with Gasteiger partial charge in [0.05, 0.1) is 19.3 Å². The number of rotatable bonds is 7. The van der Waals surface area contributed by atoms with E-state index in [9.17, 15) is 4.79 Å². The van der Waals surface area contributed by atoms with Crippen LogP contribution >= 0.6 is 12.4 Å². The molecule has 2 saturated carbocycles. The third-order valence-corrected chi connectivity index (χ3v) is 5.94. The van der Waals surface area contributed by atoms with E-state index in [0.717, 1.165) is 49.2 Å². The summed E-state index contributed by atoms with van der Waals surface area (Å²) in [5.74, 6) is 2.01. The minimum absolute atomic E-state index is 0. The highest BCUT2D eigenvalue weighted by Gasteiger charge is 2.32. The normalized spacial score (nSPS) is 23.5. The highest BCUT2D eigenvalue weighted by atomic mass is 35.5. The molecule has 1 unspecified atom stereocenters. The Morgan fingerprint density at radius 3 is 2.59 bits per heavy atom. The van der Waals surface area contributed by atoms with Crippen molar-refractivity contribution in [1.82, 2.24) is 5.32 Å². The second-order valence-electron chi connectivity index (χ2n) is 7.70. The number of ether oxygens (including phenoxy) is 2. The molecule has 2 aliphatic carbocycles. The van der Waals surface area contributed by atoms with E-state index in [1.54, 1.807) is 7.11 Å². The summed E-state index contributed by atoms with van der Waals surface area (Å²) in [5, 5.41) is 3.16. The maximum atomic E-state index is 12.6. The van der Waals surface area contributed by atoms with Gasteiger partial charge in [-0.3, -0.25) is 4.79 Å². The molecule has 0 saturated heterocycles. The highest BCUT2D eigenvalue weighted by molar-refractivity contribution is 5.85. The molecule has 5 nitrogen and oxygen atoms in total. The summed E-state index contributed by atoms with van der Waals surface area (Å²) in [5.41, 5.74) is 6.84. The van der Waals surface area contributed by atoms with Crippen molar-refractivity contribution >= 4 is 18.3 Å². The van der Waals surface area contributed by atoms with Gasteiger partial charge < -0.3 is 20.5 Å². The number of carbonyl (C=O) groups is 1. The number of carbonyl (C=O) groups excluding carboxylic acids is 1. The van der Waals surface area contributed by atoms with Crippen molar-refractivity contribution in [3.05, 3.63) is 23.8 Å². The van der Waals surface area contributed by atoms with Gasteiger partial charge in [-0.1, -0.05) is 12.5 Å². The Hall–Kier alpha value is -1.46. The quantitative estimate of drug-likeness (QED) is 0.730. The molecule has 3 rings (SSSR count). The van der Waals surface area contributed by atoms with Crippen LogP contribution in [0.3, 0.4) is 0 Å². The Morgan fingerprint density at radius 1 is 1.19 bits per heavy atom. The molecule has 1 aromatic rings. The van der Waals surface area contributed by atoms with Crippen LogP contribution in [-0.4, -0.2) is 25.7 Å². The van der Waals surface area contributed by atoms with E-state index in [2.05, 4.69) is 5.32 Å². The third kappa shape index (κ3) is 5.29. The van der Waals surface area contributed by atoms with Crippen molar-refractivity contribution in [1.29, 1.82) is 0 Å². The number of nitrogens with one attached hydrogen (secondary N) is 1. The van der Waals surface area contributed by atoms with Gasteiger partial charge in [0.15, 0.2) is 11.5 Å². The number of benzene rings is 1. The van der Waals surface area contributed by atoms with Gasteiger partial charge in [-0.2, -0.15) is 0 Å². The van der Waals surface area contributed by atoms with E-state index >= 15 is 0 Å². The molecule has 27 heavy (non-hydrogen) atoms. The zero-order valence-electron chi connectivity index (χ0n) is 16.4. The molecular weight excluding hydrogens is 364 g/mol. The first-order valence-electron chi connectivity index (χ1n) is 9.97. The summed E-state index contributed by atoms with van der Waals surface area (Å²) in [4.78, 5) is 12.6. The summed E-state index contributed by atoms with van der Waals surface area (Å²) in [7, 11) is 1.66. The minimum atomic E-state index is -0.0732. The Morgan fingerprint density at radius 2 is 1.93 bits per heavy atom. The number of amides is 1. The lowest BCUT2D eigenvalue weighted by Crippen LogP contribution is -2.36. The fourth-order valence-corrected chi connectivity index (χ4v) is 4.30. The van der Waals surface area contributed by atoms with Gasteiger partial charge in [-0.05, 0) is 75.6 Å². The maximum Gasteiger partial charge on any atom is 0.223 e. The van der Waals surface area contributed by atoms with Gasteiger partial charge in [0, 0.05) is 5.92 Å². The van der Waals surface area contributed by atoms with Crippen LogP contribution in [0.5, 0.6) is 11.5 Å². The van der Waals surface area contributed by atoms with Crippen molar-refractivity contribution in [3.8, 4) is 11.5 Å². The van der Waals surface area contributed by atoms with Gasteiger partial charge in [-0.25, -0.2) is 0 Å². The number of methoxy groups -OCH3 is 1. The molecule has 1 amide bonds. The van der Waals surface area contributed by atoms with Crippen LogP contribution in [0.2, 0.25) is 0 Å². The molecule has 3 N–H and O–H groups in total. The lowest BCUT2D eigenvalue weighted by atomic mass is 9.94. The van der Waals surface area contributed by atoms with Gasteiger partial charge in [0.25, 0.3) is 0 Å². The summed E-state index contributed by atoms with van der Waals surface area (Å²) in [6.07, 6.45) is 8.08. The SMILES string of the molecule is COc1cc(C(C)NC(=O)[C@@H]2CCC[C@@H]2CN)ccc1OC1CCCC1.Cl. The molecule has 152 valence electrons. The third-order valence-electron chi connectivity index (χ3n) is 5.94. The van der Waals surface area contributed by atoms with E-state index in [1.165, 1.54) is 12.8 Å². The standard InChI is InChI=1S/C21H32N2O3.ClH/c1-14(23-21(24)18-9-5-6-16(18)13-22)15-10-11-19(20(12-15)25-2)26-17-7-3-4-8-17;/h10-12,14,16-18H,3-9,13,22H2,1-2H3,(H,23,24);1H/t14?,16-,18-;/m1./s1. The first kappa shape index (κ1) is 21.8. The minimum Gasteiger partial charge on any atom is -0.493 e. The van der Waals surface area contributed by atoms with Crippen LogP contribution in [0.25, 0.3) is 0 Å². The molecular formula is C21H33ClN2O3. The Labute approximate surface area is 168 Å². The second-order valence-corrected chi connectivity index (χ2v) is 7.70. The topological polar surface area (TPSA) is 73.6 Å². The first-order valence-corrected chi connectivity index (χ1v) is 9.97. The number of halogens is 1. The molecule has 6 heteroatoms. The Balaban J connectivity index is 0.00000261. The fourth-order valence-electron chi connectivity index (χ4n) is 4.30. The van der Waals surface area contributed by atoms with Crippen molar-refractivity contribution in [2.45, 2.75) is 64.0 Å². The van der Waals surface area contributed by atoms with Crippen LogP contribution in [0.15, 0.2) is 18.2 Å². The van der Waals surface area contributed by atoms with Crippen LogP contribution in [0.4, 0.5) is 0 Å². The van der Waals surface area contributed by atoms with Gasteiger partial charge in [0.1, 0.15) is 0 Å². The average Bonchev–Trinajstić information content (AvgIpc) is 3.33. The zero-order chi connectivity index (χ0) is 18.5. The van der Waals surface area contributed by atoms with E-state index in [4.69, 9.17) is 15.2 Å². The smallest absolute Gasteiger partial charge is 0.223 e. The van der Waals surface area contributed by atoms with Crippen LogP contribution in [0, 0.1) is 11.8 Å². The lowest BCUT2D eigenvalue weighted by molar-refractivity contribution is -0.126. The molecule has 1 aromatic carbocycles. The predicted molar refractivity (Wildman–Crippen MR) is 110 cm³/mol. The van der Waals surface area contributed by atoms with Crippen molar-refractivity contribution < 1.29 is 14.3 Å². The molecule has 0 bridgehead atoms. The summed E-state index contributed by atoms with van der Waals surface area (Å²) in [6, 6.07) is 5.89. The molecule has 2 aliphatic rings. The highest BCUT2D eigenvalue weighted by Crippen LogP contribution is 2.35. The number of hydrogen-bond acceptors (Lipinski definition) is 4. The molecule has 0 radical (unpaired) electrons. The van der Waals surface area contributed by atoms with E-state index in [1.807, 2.05) is 25.1 Å². The molecule has 0 aliphatic heterocycles. The second kappa shape index (κ2) is 10.2. The summed E-state index contributed by atoms with van der Waals surface area (Å²) < 4.78 is 11.6. The molecule has 2 fully saturated rings. The van der Waals surface area contributed by atoms with E-state index in [-0.39, 0.29) is 30.3 Å². The monoisotopic (exact) mass is 396 g/mol. The van der Waals surface area contributed by atoms with E-state index < -0.39 is 0 Å². The van der Waals surface area contributed by atoms with Crippen LogP contribution in [0.1, 0.15) is 63.5 Å². The number of nitrogens with two attached hydrogens (primary N) is 1. The zero-order valence-corrected chi connectivity index (χ0v) is 17.2. The maximum absolute atomic E-state index is 12.6. The van der Waals surface area contributed by atoms with Gasteiger partial charge in [-0.15, -0.1) is 12.4 Å². The van der Waals surface area contributed by atoms with E-state index in [0.29, 0.717) is 18.6 Å². The van der Waals surface area contributed by atoms with Crippen LogP contribution in [-0.2, 0) is 4.79 Å². The molecule has 0 spiro atoms. The fraction of sp³-hybridized carbons (Fsp3) is 0.667. The summed E-state index contributed by atoms with van der Waals surface area (Å²) >= 11 is 0. The van der Waals surface area contributed by atoms with Gasteiger partial charge in [0.2, 0.25) is 5.91 Å². The lowest BCUT2D eigenvalue weighted by Gasteiger charge is -2.22.